The molecule has 0 unspecified atom stereocenters. The number of amides is 3. The number of hydrogen-bond acceptors (Lipinski definition) is 7. The van der Waals surface area contributed by atoms with Gasteiger partial charge in [0, 0.05) is 13.1 Å². The Morgan fingerprint density at radius 2 is 1.73 bits per heavy atom. The third-order valence-electron chi connectivity index (χ3n) is 4.27. The molecule has 0 spiro atoms. The molecule has 1 saturated heterocycles. The van der Waals surface area contributed by atoms with Crippen LogP contribution < -0.4 is 4.74 Å². The molecule has 2 rings (SSSR count). The minimum Gasteiger partial charge on any atom is -0.482 e. The fourth-order valence-electron chi connectivity index (χ4n) is 2.79. The molecule has 9 heteroatoms. The Labute approximate surface area is 180 Å². The minimum absolute atomic E-state index is 0.199. The molecule has 1 aliphatic heterocycles. The van der Waals surface area contributed by atoms with Gasteiger partial charge in [-0.1, -0.05) is 26.0 Å². The lowest BCUT2D eigenvalue weighted by Gasteiger charge is -2.23. The Morgan fingerprint density at radius 1 is 1.10 bits per heavy atom. The van der Waals surface area contributed by atoms with Gasteiger partial charge in [0.25, 0.3) is 11.1 Å². The predicted molar refractivity (Wildman–Crippen MR) is 114 cm³/mol. The second-order valence-corrected chi connectivity index (χ2v) is 7.58. The van der Waals surface area contributed by atoms with Gasteiger partial charge in [0.15, 0.2) is 6.61 Å². The Kier molecular flexibility index (Phi) is 8.91. The van der Waals surface area contributed by atoms with Gasteiger partial charge in [0.1, 0.15) is 12.3 Å². The van der Waals surface area contributed by atoms with E-state index in [0.29, 0.717) is 24.4 Å². The zero-order chi connectivity index (χ0) is 22.1. The highest BCUT2D eigenvalue weighted by atomic mass is 32.2. The van der Waals surface area contributed by atoms with Crippen LogP contribution in [-0.4, -0.2) is 66.2 Å². The molecule has 0 N–H and O–H groups in total. The van der Waals surface area contributed by atoms with Crippen molar-refractivity contribution in [1.29, 1.82) is 0 Å². The largest absolute Gasteiger partial charge is 0.482 e. The molecule has 8 nitrogen and oxygen atoms in total. The maximum atomic E-state index is 12.6. The van der Waals surface area contributed by atoms with Gasteiger partial charge in [-0.15, -0.1) is 0 Å². The lowest BCUT2D eigenvalue weighted by atomic mass is 10.2. The van der Waals surface area contributed by atoms with E-state index in [1.54, 1.807) is 35.2 Å². The average Bonchev–Trinajstić information content (AvgIpc) is 3.00. The first-order chi connectivity index (χ1) is 14.4. The fourth-order valence-corrected chi connectivity index (χ4v) is 3.62. The van der Waals surface area contributed by atoms with Gasteiger partial charge >= 0.3 is 5.97 Å². The van der Waals surface area contributed by atoms with Crippen LogP contribution in [0.25, 0.3) is 6.08 Å². The zero-order valence-corrected chi connectivity index (χ0v) is 18.2. The third kappa shape index (κ3) is 6.35. The smallest absolute Gasteiger partial charge is 0.343 e. The summed E-state index contributed by atoms with van der Waals surface area (Å²) in [5.41, 5.74) is 0.691. The summed E-state index contributed by atoms with van der Waals surface area (Å²) < 4.78 is 9.78. The number of esters is 1. The summed E-state index contributed by atoms with van der Waals surface area (Å²) in [6.07, 6.45) is 3.22. The summed E-state index contributed by atoms with van der Waals surface area (Å²) in [5.74, 6) is -0.714. The van der Waals surface area contributed by atoms with Crippen molar-refractivity contribution in [2.45, 2.75) is 26.7 Å². The molecular weight excluding hydrogens is 408 g/mol. The first-order valence-electron chi connectivity index (χ1n) is 9.72. The number of ether oxygens (including phenoxy) is 2. The van der Waals surface area contributed by atoms with E-state index in [2.05, 4.69) is 4.74 Å². The monoisotopic (exact) mass is 434 g/mol. The highest BCUT2D eigenvalue weighted by molar-refractivity contribution is 8.18. The summed E-state index contributed by atoms with van der Waals surface area (Å²) in [7, 11) is 1.28. The number of carbonyl (C=O) groups is 4. The molecule has 0 bridgehead atoms. The van der Waals surface area contributed by atoms with E-state index in [9.17, 15) is 19.2 Å². The molecule has 0 saturated carbocycles. The lowest BCUT2D eigenvalue weighted by molar-refractivity contribution is -0.143. The molecule has 0 atom stereocenters. The molecule has 3 amide bonds. The Balaban J connectivity index is 2.03. The summed E-state index contributed by atoms with van der Waals surface area (Å²) in [6.45, 7) is 4.71. The SMILES string of the molecule is CCCN(CCC)C(=O)CN1C(=O)S/C(=C\c2ccc(OCC(=O)OC)cc2)C1=O. The van der Waals surface area contributed by atoms with E-state index in [-0.39, 0.29) is 24.0 Å². The van der Waals surface area contributed by atoms with Crippen molar-refractivity contribution < 1.29 is 28.7 Å². The number of rotatable bonds is 10. The second-order valence-electron chi connectivity index (χ2n) is 6.58. The number of benzene rings is 1. The van der Waals surface area contributed by atoms with Crippen LogP contribution in [0.15, 0.2) is 29.2 Å². The van der Waals surface area contributed by atoms with Crippen LogP contribution in [0.1, 0.15) is 32.3 Å². The Hall–Kier alpha value is -2.81. The molecular formula is C21H26N2O6S. The number of carbonyl (C=O) groups excluding carboxylic acids is 4. The quantitative estimate of drug-likeness (QED) is 0.413. The van der Waals surface area contributed by atoms with Crippen LogP contribution >= 0.6 is 11.8 Å². The van der Waals surface area contributed by atoms with Crippen molar-refractivity contribution in [2.75, 3.05) is 33.4 Å². The standard InChI is InChI=1S/C21H26N2O6S/c1-4-10-22(11-5-2)18(24)13-23-20(26)17(30-21(23)27)12-15-6-8-16(9-7-15)29-14-19(25)28-3/h6-9,12H,4-5,10-11,13-14H2,1-3H3/b17-12-. The predicted octanol–water partition coefficient (Wildman–Crippen LogP) is 2.92. The molecule has 0 radical (unpaired) electrons. The van der Waals surface area contributed by atoms with Crippen LogP contribution in [0.4, 0.5) is 4.79 Å². The molecule has 1 fully saturated rings. The zero-order valence-electron chi connectivity index (χ0n) is 17.4. The number of thioether (sulfide) groups is 1. The van der Waals surface area contributed by atoms with E-state index >= 15 is 0 Å². The fraction of sp³-hybridized carbons (Fsp3) is 0.429. The van der Waals surface area contributed by atoms with Gasteiger partial charge in [-0.3, -0.25) is 19.3 Å². The minimum atomic E-state index is -0.487. The van der Waals surface area contributed by atoms with Gasteiger partial charge in [-0.25, -0.2) is 4.79 Å². The van der Waals surface area contributed by atoms with Crippen molar-refractivity contribution >= 4 is 40.9 Å². The third-order valence-corrected chi connectivity index (χ3v) is 5.18. The maximum Gasteiger partial charge on any atom is 0.343 e. The molecule has 30 heavy (non-hydrogen) atoms. The number of hydrogen-bond donors (Lipinski definition) is 0. The number of nitrogens with zero attached hydrogens (tertiary/aromatic N) is 2. The van der Waals surface area contributed by atoms with Gasteiger partial charge < -0.3 is 14.4 Å². The van der Waals surface area contributed by atoms with Gasteiger partial charge in [-0.05, 0) is 48.4 Å². The van der Waals surface area contributed by atoms with Crippen LogP contribution in [0.2, 0.25) is 0 Å². The molecule has 162 valence electrons. The van der Waals surface area contributed by atoms with Gasteiger partial charge in [0.05, 0.1) is 12.0 Å². The summed E-state index contributed by atoms with van der Waals surface area (Å²) >= 11 is 0.814. The maximum absolute atomic E-state index is 12.6. The molecule has 0 aliphatic carbocycles. The van der Waals surface area contributed by atoms with Crippen molar-refractivity contribution in [2.24, 2.45) is 0 Å². The van der Waals surface area contributed by atoms with Crippen molar-refractivity contribution in [1.82, 2.24) is 9.80 Å². The van der Waals surface area contributed by atoms with Crippen LogP contribution in [0.3, 0.4) is 0 Å². The molecule has 0 aromatic heterocycles. The highest BCUT2D eigenvalue weighted by Crippen LogP contribution is 2.32. The first kappa shape index (κ1) is 23.5. The van der Waals surface area contributed by atoms with E-state index in [0.717, 1.165) is 29.5 Å². The van der Waals surface area contributed by atoms with Gasteiger partial charge in [-0.2, -0.15) is 0 Å². The molecule has 1 aliphatic rings. The van der Waals surface area contributed by atoms with E-state index in [1.807, 2.05) is 13.8 Å². The molecule has 1 aromatic rings. The van der Waals surface area contributed by atoms with Crippen LogP contribution in [-0.2, 0) is 19.1 Å². The van der Waals surface area contributed by atoms with Gasteiger partial charge in [0.2, 0.25) is 5.91 Å². The molecule has 1 aromatic carbocycles. The normalized spacial score (nSPS) is 14.9. The highest BCUT2D eigenvalue weighted by Gasteiger charge is 2.37. The average molecular weight is 435 g/mol. The summed E-state index contributed by atoms with van der Waals surface area (Å²) in [5, 5.41) is -0.453. The topological polar surface area (TPSA) is 93.2 Å². The molecule has 1 heterocycles. The number of methoxy groups -OCH3 is 1. The van der Waals surface area contributed by atoms with Crippen LogP contribution in [0, 0.1) is 0 Å². The van der Waals surface area contributed by atoms with Crippen LogP contribution in [0.5, 0.6) is 5.75 Å². The number of imide groups is 1. The second kappa shape index (κ2) is 11.4. The van der Waals surface area contributed by atoms with E-state index in [1.165, 1.54) is 7.11 Å². The van der Waals surface area contributed by atoms with E-state index < -0.39 is 17.1 Å². The lowest BCUT2D eigenvalue weighted by Crippen LogP contribution is -2.42. The summed E-state index contributed by atoms with van der Waals surface area (Å²) in [6, 6.07) is 6.71. The first-order valence-corrected chi connectivity index (χ1v) is 10.5. The van der Waals surface area contributed by atoms with E-state index in [4.69, 9.17) is 4.74 Å². The Bertz CT molecular complexity index is 815. The summed E-state index contributed by atoms with van der Waals surface area (Å²) in [4.78, 5) is 51.5. The van der Waals surface area contributed by atoms with Crippen molar-refractivity contribution in [3.8, 4) is 5.75 Å². The van der Waals surface area contributed by atoms with Crippen molar-refractivity contribution in [3.63, 3.8) is 0 Å². The van der Waals surface area contributed by atoms with Crippen molar-refractivity contribution in [3.05, 3.63) is 34.7 Å². The Morgan fingerprint density at radius 3 is 2.30 bits per heavy atom.